The van der Waals surface area contributed by atoms with Crippen molar-refractivity contribution in [2.24, 2.45) is 0 Å². The van der Waals surface area contributed by atoms with E-state index in [1.807, 2.05) is 0 Å². The molecular formula is C14H18O4. The molecule has 0 aliphatic carbocycles. The predicted molar refractivity (Wildman–Crippen MR) is 66.9 cm³/mol. The molecular weight excluding hydrogens is 232 g/mol. The molecule has 1 aromatic rings. The third-order valence-corrected chi connectivity index (χ3v) is 3.38. The van der Waals surface area contributed by atoms with Crippen molar-refractivity contribution in [2.45, 2.75) is 38.7 Å². The lowest BCUT2D eigenvalue weighted by Crippen LogP contribution is -2.30. The maximum atomic E-state index is 11.7. The highest BCUT2D eigenvalue weighted by Gasteiger charge is 2.39. The van der Waals surface area contributed by atoms with Gasteiger partial charge in [0.1, 0.15) is 11.5 Å². The SMILES string of the molecule is CCCC1c2cc(O)c(C)cc2OC1C(=O)OC. The number of ether oxygens (including phenoxy) is 2. The van der Waals surface area contributed by atoms with E-state index >= 15 is 0 Å². The van der Waals surface area contributed by atoms with E-state index in [2.05, 4.69) is 6.92 Å². The average Bonchev–Trinajstić information content (AvgIpc) is 2.68. The van der Waals surface area contributed by atoms with Gasteiger partial charge in [0.25, 0.3) is 0 Å². The lowest BCUT2D eigenvalue weighted by Gasteiger charge is -2.15. The van der Waals surface area contributed by atoms with Crippen LogP contribution in [-0.4, -0.2) is 24.3 Å². The van der Waals surface area contributed by atoms with Crippen molar-refractivity contribution in [3.8, 4) is 11.5 Å². The van der Waals surface area contributed by atoms with Crippen LogP contribution in [0.25, 0.3) is 0 Å². The van der Waals surface area contributed by atoms with Crippen molar-refractivity contribution < 1.29 is 19.4 Å². The number of phenolic OH excluding ortho intramolecular Hbond substituents is 1. The van der Waals surface area contributed by atoms with Crippen molar-refractivity contribution in [2.75, 3.05) is 7.11 Å². The third-order valence-electron chi connectivity index (χ3n) is 3.38. The molecule has 0 saturated carbocycles. The maximum absolute atomic E-state index is 11.7. The molecule has 1 aliphatic heterocycles. The zero-order valence-corrected chi connectivity index (χ0v) is 10.9. The first-order valence-corrected chi connectivity index (χ1v) is 6.16. The summed E-state index contributed by atoms with van der Waals surface area (Å²) < 4.78 is 10.5. The molecule has 0 saturated heterocycles. The Balaban J connectivity index is 2.39. The number of benzene rings is 1. The van der Waals surface area contributed by atoms with Gasteiger partial charge in [-0.25, -0.2) is 4.79 Å². The molecule has 0 amide bonds. The van der Waals surface area contributed by atoms with Crippen LogP contribution in [0.4, 0.5) is 0 Å². The van der Waals surface area contributed by atoms with Gasteiger partial charge in [-0.15, -0.1) is 0 Å². The normalized spacial score (nSPS) is 21.3. The van der Waals surface area contributed by atoms with Gasteiger partial charge in [0.15, 0.2) is 0 Å². The number of rotatable bonds is 3. The summed E-state index contributed by atoms with van der Waals surface area (Å²) in [5, 5.41) is 9.78. The monoisotopic (exact) mass is 250 g/mol. The number of methoxy groups -OCH3 is 1. The number of esters is 1. The van der Waals surface area contributed by atoms with E-state index in [-0.39, 0.29) is 17.6 Å². The van der Waals surface area contributed by atoms with Crippen LogP contribution in [0.5, 0.6) is 11.5 Å². The number of carbonyl (C=O) groups is 1. The highest BCUT2D eigenvalue weighted by atomic mass is 16.6. The Morgan fingerprint density at radius 2 is 2.22 bits per heavy atom. The lowest BCUT2D eigenvalue weighted by molar-refractivity contribution is -0.149. The number of hydrogen-bond acceptors (Lipinski definition) is 4. The minimum Gasteiger partial charge on any atom is -0.508 e. The van der Waals surface area contributed by atoms with E-state index < -0.39 is 6.10 Å². The van der Waals surface area contributed by atoms with E-state index in [0.717, 1.165) is 24.0 Å². The number of aryl methyl sites for hydroxylation is 1. The molecule has 4 heteroatoms. The van der Waals surface area contributed by atoms with Gasteiger partial charge in [-0.05, 0) is 31.0 Å². The van der Waals surface area contributed by atoms with E-state index in [1.54, 1.807) is 19.1 Å². The second kappa shape index (κ2) is 4.88. The summed E-state index contributed by atoms with van der Waals surface area (Å²) in [6.45, 7) is 3.86. The maximum Gasteiger partial charge on any atom is 0.347 e. The fourth-order valence-electron chi connectivity index (χ4n) is 2.41. The van der Waals surface area contributed by atoms with Crippen molar-refractivity contribution >= 4 is 5.97 Å². The Kier molecular flexibility index (Phi) is 3.45. The Hall–Kier alpha value is -1.71. The smallest absolute Gasteiger partial charge is 0.347 e. The standard InChI is InChI=1S/C14H18O4/c1-4-5-9-10-7-11(15)8(2)6-12(10)18-13(9)14(16)17-3/h6-7,9,13,15H,4-5H2,1-3H3. The van der Waals surface area contributed by atoms with Gasteiger partial charge < -0.3 is 14.6 Å². The molecule has 2 unspecified atom stereocenters. The first-order valence-electron chi connectivity index (χ1n) is 6.16. The third kappa shape index (κ3) is 2.03. The highest BCUT2D eigenvalue weighted by molar-refractivity contribution is 5.78. The fraction of sp³-hybridized carbons (Fsp3) is 0.500. The molecule has 0 fully saturated rings. The van der Waals surface area contributed by atoms with E-state index in [9.17, 15) is 9.90 Å². The minimum atomic E-state index is -0.592. The van der Waals surface area contributed by atoms with Crippen molar-refractivity contribution in [1.29, 1.82) is 0 Å². The molecule has 2 atom stereocenters. The minimum absolute atomic E-state index is 0.0380. The molecule has 0 radical (unpaired) electrons. The number of fused-ring (bicyclic) bond motifs is 1. The summed E-state index contributed by atoms with van der Waals surface area (Å²) in [6.07, 6.45) is 1.18. The molecule has 4 nitrogen and oxygen atoms in total. The van der Waals surface area contributed by atoms with Crippen LogP contribution >= 0.6 is 0 Å². The van der Waals surface area contributed by atoms with Gasteiger partial charge in [0.2, 0.25) is 6.10 Å². The first-order chi connectivity index (χ1) is 8.58. The molecule has 0 aromatic heterocycles. The van der Waals surface area contributed by atoms with E-state index in [1.165, 1.54) is 7.11 Å². The van der Waals surface area contributed by atoms with E-state index in [4.69, 9.17) is 9.47 Å². The summed E-state index contributed by atoms with van der Waals surface area (Å²) >= 11 is 0. The van der Waals surface area contributed by atoms with Crippen LogP contribution in [0.1, 0.15) is 36.8 Å². The van der Waals surface area contributed by atoms with Crippen LogP contribution in [0, 0.1) is 6.92 Å². The summed E-state index contributed by atoms with van der Waals surface area (Å²) in [4.78, 5) is 11.7. The molecule has 2 rings (SSSR count). The Morgan fingerprint density at radius 1 is 1.50 bits per heavy atom. The van der Waals surface area contributed by atoms with Crippen LogP contribution in [0.3, 0.4) is 0 Å². The molecule has 18 heavy (non-hydrogen) atoms. The first kappa shape index (κ1) is 12.7. The lowest BCUT2D eigenvalue weighted by atomic mass is 9.90. The van der Waals surface area contributed by atoms with E-state index in [0.29, 0.717) is 5.75 Å². The molecule has 0 bridgehead atoms. The Morgan fingerprint density at radius 3 is 2.83 bits per heavy atom. The van der Waals surface area contributed by atoms with Crippen molar-refractivity contribution in [3.63, 3.8) is 0 Å². The van der Waals surface area contributed by atoms with Crippen LogP contribution in [-0.2, 0) is 9.53 Å². The largest absolute Gasteiger partial charge is 0.508 e. The molecule has 1 N–H and O–H groups in total. The molecule has 98 valence electrons. The molecule has 0 spiro atoms. The quantitative estimate of drug-likeness (QED) is 0.837. The van der Waals surface area contributed by atoms with Gasteiger partial charge in [0.05, 0.1) is 7.11 Å². The second-order valence-electron chi connectivity index (χ2n) is 4.63. The van der Waals surface area contributed by atoms with Gasteiger partial charge in [0, 0.05) is 11.5 Å². The molecule has 1 aromatic carbocycles. The number of phenols is 1. The zero-order valence-electron chi connectivity index (χ0n) is 10.9. The number of carbonyl (C=O) groups excluding carboxylic acids is 1. The van der Waals surface area contributed by atoms with Crippen molar-refractivity contribution in [3.05, 3.63) is 23.3 Å². The summed E-state index contributed by atoms with van der Waals surface area (Å²) in [6, 6.07) is 3.48. The van der Waals surface area contributed by atoms with Crippen LogP contribution < -0.4 is 4.74 Å². The van der Waals surface area contributed by atoms with Gasteiger partial charge >= 0.3 is 5.97 Å². The number of hydrogen-bond donors (Lipinski definition) is 1. The zero-order chi connectivity index (χ0) is 13.3. The molecule has 1 heterocycles. The van der Waals surface area contributed by atoms with Gasteiger partial charge in [-0.2, -0.15) is 0 Å². The van der Waals surface area contributed by atoms with Crippen LogP contribution in [0.15, 0.2) is 12.1 Å². The second-order valence-corrected chi connectivity index (χ2v) is 4.63. The number of aromatic hydroxyl groups is 1. The Bertz CT molecular complexity index is 467. The highest BCUT2D eigenvalue weighted by Crippen LogP contribution is 2.43. The van der Waals surface area contributed by atoms with Gasteiger partial charge in [-0.1, -0.05) is 13.3 Å². The fourth-order valence-corrected chi connectivity index (χ4v) is 2.41. The van der Waals surface area contributed by atoms with Gasteiger partial charge in [-0.3, -0.25) is 0 Å². The van der Waals surface area contributed by atoms with Crippen LogP contribution in [0.2, 0.25) is 0 Å². The summed E-state index contributed by atoms with van der Waals surface area (Å²) in [7, 11) is 1.36. The average molecular weight is 250 g/mol. The predicted octanol–water partition coefficient (Wildman–Crippen LogP) is 2.52. The summed E-state index contributed by atoms with van der Waals surface area (Å²) in [5.41, 5.74) is 1.64. The Labute approximate surface area is 107 Å². The molecule has 1 aliphatic rings. The van der Waals surface area contributed by atoms with Crippen molar-refractivity contribution in [1.82, 2.24) is 0 Å². The summed E-state index contributed by atoms with van der Waals surface area (Å²) in [5.74, 6) is 0.522. The topological polar surface area (TPSA) is 55.8 Å².